The zero-order valence-corrected chi connectivity index (χ0v) is 19.4. The summed E-state index contributed by atoms with van der Waals surface area (Å²) >= 11 is 18.4. The molecule has 0 unspecified atom stereocenters. The van der Waals surface area contributed by atoms with Gasteiger partial charge >= 0.3 is 5.97 Å². The Labute approximate surface area is 200 Å². The van der Waals surface area contributed by atoms with Gasteiger partial charge in [-0.05, 0) is 60.5 Å². The first-order chi connectivity index (χ1) is 15.3. The molecule has 2 N–H and O–H groups in total. The summed E-state index contributed by atoms with van der Waals surface area (Å²) < 4.78 is 5.82. The predicted molar refractivity (Wildman–Crippen MR) is 127 cm³/mol. The molecule has 1 amide bonds. The number of carbonyl (C=O) groups excluding carboxylic acids is 1. The molecule has 3 aromatic carbocycles. The highest BCUT2D eigenvalue weighted by Crippen LogP contribution is 2.33. The maximum Gasteiger partial charge on any atom is 0.335 e. The number of hydrogen-bond acceptors (Lipinski definition) is 3. The van der Waals surface area contributed by atoms with Crippen LogP contribution in [0.25, 0.3) is 11.1 Å². The van der Waals surface area contributed by atoms with Crippen molar-refractivity contribution >= 4 is 46.7 Å². The molecule has 3 aromatic rings. The van der Waals surface area contributed by atoms with E-state index in [0.717, 1.165) is 6.42 Å². The van der Waals surface area contributed by atoms with E-state index < -0.39 is 5.97 Å². The number of hydrogen-bond donors (Lipinski definition) is 2. The van der Waals surface area contributed by atoms with Gasteiger partial charge < -0.3 is 15.2 Å². The lowest BCUT2D eigenvalue weighted by atomic mass is 10.00. The molecular formula is C24H20Cl3NO4. The van der Waals surface area contributed by atoms with Gasteiger partial charge in [-0.1, -0.05) is 47.8 Å². The molecule has 0 atom stereocenters. The quantitative estimate of drug-likeness (QED) is 0.365. The number of carbonyl (C=O) groups is 2. The molecule has 0 heterocycles. The van der Waals surface area contributed by atoms with E-state index in [2.05, 4.69) is 5.32 Å². The van der Waals surface area contributed by atoms with Gasteiger partial charge in [0.15, 0.2) is 0 Å². The summed E-state index contributed by atoms with van der Waals surface area (Å²) in [6.45, 7) is 2.68. The van der Waals surface area contributed by atoms with E-state index in [1.54, 1.807) is 30.3 Å². The van der Waals surface area contributed by atoms with E-state index in [1.807, 2.05) is 13.0 Å². The molecule has 0 bridgehead atoms. The van der Waals surface area contributed by atoms with Crippen molar-refractivity contribution in [3.8, 4) is 16.9 Å². The number of carboxylic acid groups (broad SMARTS) is 1. The molecule has 3 rings (SSSR count). The lowest BCUT2D eigenvalue weighted by Crippen LogP contribution is -2.23. The van der Waals surface area contributed by atoms with Gasteiger partial charge in [-0.2, -0.15) is 0 Å². The van der Waals surface area contributed by atoms with E-state index in [-0.39, 0.29) is 23.0 Å². The van der Waals surface area contributed by atoms with Crippen LogP contribution in [0.15, 0.2) is 54.6 Å². The monoisotopic (exact) mass is 491 g/mol. The summed E-state index contributed by atoms with van der Waals surface area (Å²) in [5.41, 5.74) is 2.42. The van der Waals surface area contributed by atoms with Gasteiger partial charge in [0.05, 0.1) is 22.8 Å². The number of halogens is 3. The van der Waals surface area contributed by atoms with Gasteiger partial charge in [-0.25, -0.2) is 4.79 Å². The first-order valence-electron chi connectivity index (χ1n) is 9.82. The van der Waals surface area contributed by atoms with Gasteiger partial charge in [0.2, 0.25) is 0 Å². The fraction of sp³-hybridized carbons (Fsp3) is 0.167. The summed E-state index contributed by atoms with van der Waals surface area (Å²) in [4.78, 5) is 24.0. The van der Waals surface area contributed by atoms with Crippen molar-refractivity contribution in [2.24, 2.45) is 0 Å². The van der Waals surface area contributed by atoms with Crippen LogP contribution in [0.5, 0.6) is 5.75 Å². The summed E-state index contributed by atoms with van der Waals surface area (Å²) in [6.07, 6.45) is 0.820. The molecule has 0 aliphatic carbocycles. The molecule has 0 aliphatic rings. The fourth-order valence-electron chi connectivity index (χ4n) is 3.06. The summed E-state index contributed by atoms with van der Waals surface area (Å²) in [5, 5.41) is 13.3. The second-order valence-electron chi connectivity index (χ2n) is 6.98. The van der Waals surface area contributed by atoms with Crippen LogP contribution < -0.4 is 10.1 Å². The maximum absolute atomic E-state index is 12.6. The third-order valence-electron chi connectivity index (χ3n) is 4.66. The summed E-state index contributed by atoms with van der Waals surface area (Å²) in [5.74, 6) is -0.786. The van der Waals surface area contributed by atoms with Crippen molar-refractivity contribution < 1.29 is 19.4 Å². The van der Waals surface area contributed by atoms with Crippen LogP contribution in [-0.4, -0.2) is 23.6 Å². The maximum atomic E-state index is 12.6. The Bertz CT molecular complexity index is 1160. The molecule has 32 heavy (non-hydrogen) atoms. The van der Waals surface area contributed by atoms with Gasteiger partial charge in [-0.15, -0.1) is 0 Å². The van der Waals surface area contributed by atoms with E-state index in [9.17, 15) is 14.7 Å². The second kappa shape index (κ2) is 10.7. The second-order valence-corrected chi connectivity index (χ2v) is 8.23. The highest BCUT2D eigenvalue weighted by atomic mass is 35.5. The Kier molecular flexibility index (Phi) is 8.02. The molecule has 0 saturated heterocycles. The molecule has 8 heteroatoms. The summed E-state index contributed by atoms with van der Waals surface area (Å²) in [7, 11) is 0. The SMILES string of the molecule is CCCOc1ccc(-c2cc(C(=O)O)ccc2Cl)cc1CNC(=O)c1ccc(Cl)cc1Cl. The first-order valence-corrected chi connectivity index (χ1v) is 11.0. The average molecular weight is 493 g/mol. The normalized spacial score (nSPS) is 10.6. The Hall–Kier alpha value is -2.73. The zero-order chi connectivity index (χ0) is 23.3. The topological polar surface area (TPSA) is 75.6 Å². The molecule has 0 aromatic heterocycles. The highest BCUT2D eigenvalue weighted by Gasteiger charge is 2.15. The molecule has 0 spiro atoms. The van der Waals surface area contributed by atoms with Crippen molar-refractivity contribution in [3.05, 3.63) is 86.4 Å². The number of amides is 1. The van der Waals surface area contributed by atoms with Gasteiger partial charge in [-0.3, -0.25) is 4.79 Å². The number of nitrogens with one attached hydrogen (secondary N) is 1. The lowest BCUT2D eigenvalue weighted by molar-refractivity contribution is 0.0696. The third kappa shape index (κ3) is 5.74. The minimum atomic E-state index is -1.04. The van der Waals surface area contributed by atoms with Crippen molar-refractivity contribution in [3.63, 3.8) is 0 Å². The van der Waals surface area contributed by atoms with Crippen LogP contribution in [0.3, 0.4) is 0 Å². The lowest BCUT2D eigenvalue weighted by Gasteiger charge is -2.15. The van der Waals surface area contributed by atoms with Crippen molar-refractivity contribution in [1.29, 1.82) is 0 Å². The molecule has 0 aliphatic heterocycles. The Morgan fingerprint density at radius 2 is 1.75 bits per heavy atom. The minimum absolute atomic E-state index is 0.128. The van der Waals surface area contributed by atoms with Crippen LogP contribution in [0.2, 0.25) is 15.1 Å². The van der Waals surface area contributed by atoms with Crippen molar-refractivity contribution in [1.82, 2.24) is 5.32 Å². The summed E-state index contributed by atoms with van der Waals surface area (Å²) in [6, 6.07) is 14.6. The number of carboxylic acids is 1. The van der Waals surface area contributed by atoms with Crippen LogP contribution in [0.1, 0.15) is 39.6 Å². The first kappa shape index (κ1) is 23.9. The van der Waals surface area contributed by atoms with Crippen LogP contribution in [0, 0.1) is 0 Å². The Morgan fingerprint density at radius 1 is 0.969 bits per heavy atom. The predicted octanol–water partition coefficient (Wildman–Crippen LogP) is 6.73. The standard InChI is InChI=1S/C24H20Cl3NO4/c1-2-9-32-22-8-4-14(19-11-15(24(30)31)3-7-20(19)26)10-16(22)13-28-23(29)18-6-5-17(25)12-21(18)27/h3-8,10-12H,2,9,13H2,1H3,(H,28,29)(H,30,31). The average Bonchev–Trinajstić information content (AvgIpc) is 2.76. The number of ether oxygens (including phenoxy) is 1. The van der Waals surface area contributed by atoms with Gasteiger partial charge in [0.25, 0.3) is 5.91 Å². The van der Waals surface area contributed by atoms with Gasteiger partial charge in [0, 0.05) is 27.7 Å². The van der Waals surface area contributed by atoms with Crippen LogP contribution >= 0.6 is 34.8 Å². The number of aromatic carboxylic acids is 1. The van der Waals surface area contributed by atoms with Crippen molar-refractivity contribution in [2.75, 3.05) is 6.61 Å². The van der Waals surface area contributed by atoms with E-state index in [0.29, 0.717) is 44.7 Å². The third-order valence-corrected chi connectivity index (χ3v) is 5.54. The smallest absolute Gasteiger partial charge is 0.335 e. The highest BCUT2D eigenvalue weighted by molar-refractivity contribution is 6.36. The molecule has 5 nitrogen and oxygen atoms in total. The molecular weight excluding hydrogens is 473 g/mol. The van der Waals surface area contributed by atoms with Crippen LogP contribution in [-0.2, 0) is 6.54 Å². The molecule has 166 valence electrons. The van der Waals surface area contributed by atoms with Gasteiger partial charge in [0.1, 0.15) is 5.75 Å². The van der Waals surface area contributed by atoms with Crippen LogP contribution in [0.4, 0.5) is 0 Å². The minimum Gasteiger partial charge on any atom is -0.493 e. The number of benzene rings is 3. The largest absolute Gasteiger partial charge is 0.493 e. The Balaban J connectivity index is 1.92. The van der Waals surface area contributed by atoms with E-state index >= 15 is 0 Å². The number of rotatable bonds is 8. The van der Waals surface area contributed by atoms with E-state index in [4.69, 9.17) is 39.5 Å². The zero-order valence-electron chi connectivity index (χ0n) is 17.1. The molecule has 0 radical (unpaired) electrons. The Morgan fingerprint density at radius 3 is 2.44 bits per heavy atom. The van der Waals surface area contributed by atoms with Crippen molar-refractivity contribution in [2.45, 2.75) is 19.9 Å². The molecule has 0 saturated carbocycles. The fourth-order valence-corrected chi connectivity index (χ4v) is 3.78. The molecule has 0 fully saturated rings. The van der Waals surface area contributed by atoms with E-state index in [1.165, 1.54) is 18.2 Å².